The van der Waals surface area contributed by atoms with Crippen LogP contribution in [-0.2, 0) is 10.0 Å². The van der Waals surface area contributed by atoms with E-state index in [0.29, 0.717) is 16.9 Å². The number of fused-ring (bicyclic) bond motifs is 1. The van der Waals surface area contributed by atoms with Gasteiger partial charge in [0, 0.05) is 29.8 Å². The zero-order valence-corrected chi connectivity index (χ0v) is 16.6. The first-order valence-electron chi connectivity index (χ1n) is 9.20. The van der Waals surface area contributed by atoms with Gasteiger partial charge in [-0.25, -0.2) is 12.7 Å². The van der Waals surface area contributed by atoms with Gasteiger partial charge in [-0.05, 0) is 29.8 Å². The predicted octanol–water partition coefficient (Wildman–Crippen LogP) is 4.27. The van der Waals surface area contributed by atoms with E-state index in [-0.39, 0.29) is 17.0 Å². The molecule has 152 valence electrons. The Morgan fingerprint density at radius 1 is 0.967 bits per heavy atom. The fourth-order valence-corrected chi connectivity index (χ4v) is 5.04. The van der Waals surface area contributed by atoms with Gasteiger partial charge >= 0.3 is 0 Å². The van der Waals surface area contributed by atoms with Gasteiger partial charge in [0.1, 0.15) is 0 Å². The molecule has 3 aromatic rings. The smallest absolute Gasteiger partial charge is 0.269 e. The number of hydrogen-bond donors (Lipinski definition) is 1. The number of hydrogen-bond acceptors (Lipinski definition) is 5. The molecular formula is C22H18N2O5S. The molecule has 1 aliphatic rings. The number of nitro benzene ring substituents is 1. The van der Waals surface area contributed by atoms with E-state index in [1.54, 1.807) is 30.3 Å². The SMILES string of the molecule is O=[N+]([O-])c1ccc(S(=O)(=O)N2/C(=C/c3ccccc3)CC(O)c3ccccc32)cc1. The van der Waals surface area contributed by atoms with Gasteiger partial charge in [-0.2, -0.15) is 0 Å². The molecule has 7 nitrogen and oxygen atoms in total. The van der Waals surface area contributed by atoms with Crippen LogP contribution in [0, 0.1) is 10.1 Å². The summed E-state index contributed by atoms with van der Waals surface area (Å²) in [4.78, 5) is 10.3. The first kappa shape index (κ1) is 19.8. The number of aliphatic hydroxyl groups is 1. The number of non-ortho nitro benzene ring substituents is 1. The Bertz CT molecular complexity index is 1220. The molecule has 1 unspecified atom stereocenters. The minimum absolute atomic E-state index is 0.0711. The Labute approximate surface area is 173 Å². The molecule has 0 aliphatic carbocycles. The van der Waals surface area contributed by atoms with Crippen molar-refractivity contribution in [3.8, 4) is 0 Å². The summed E-state index contributed by atoms with van der Waals surface area (Å²) in [6.45, 7) is 0. The van der Waals surface area contributed by atoms with Gasteiger partial charge < -0.3 is 5.11 Å². The molecule has 0 amide bonds. The van der Waals surface area contributed by atoms with Crippen molar-refractivity contribution in [2.75, 3.05) is 4.31 Å². The van der Waals surface area contributed by atoms with Crippen LogP contribution in [0.25, 0.3) is 6.08 Å². The Hall–Kier alpha value is -3.49. The minimum Gasteiger partial charge on any atom is -0.388 e. The van der Waals surface area contributed by atoms with Crippen LogP contribution >= 0.6 is 0 Å². The predicted molar refractivity (Wildman–Crippen MR) is 113 cm³/mol. The normalized spacial score (nSPS) is 17.6. The summed E-state index contributed by atoms with van der Waals surface area (Å²) in [6.07, 6.45) is 0.986. The van der Waals surface area contributed by atoms with Crippen molar-refractivity contribution in [1.29, 1.82) is 0 Å². The third-order valence-corrected chi connectivity index (χ3v) is 6.68. The average molecular weight is 422 g/mol. The number of anilines is 1. The van der Waals surface area contributed by atoms with Crippen molar-refractivity contribution in [2.24, 2.45) is 0 Å². The van der Waals surface area contributed by atoms with Crippen molar-refractivity contribution < 1.29 is 18.4 Å². The summed E-state index contributed by atoms with van der Waals surface area (Å²) >= 11 is 0. The van der Waals surface area contributed by atoms with Gasteiger partial charge in [-0.1, -0.05) is 48.5 Å². The second-order valence-electron chi connectivity index (χ2n) is 6.85. The molecule has 3 aromatic carbocycles. The largest absolute Gasteiger partial charge is 0.388 e. The Kier molecular flexibility index (Phi) is 5.11. The molecule has 1 N–H and O–H groups in total. The van der Waals surface area contributed by atoms with E-state index in [9.17, 15) is 23.6 Å². The van der Waals surface area contributed by atoms with Crippen molar-refractivity contribution in [3.63, 3.8) is 0 Å². The number of sulfonamides is 1. The van der Waals surface area contributed by atoms with Gasteiger partial charge in [0.15, 0.2) is 0 Å². The lowest BCUT2D eigenvalue weighted by atomic mass is 9.97. The third-order valence-electron chi connectivity index (χ3n) is 4.90. The number of benzene rings is 3. The van der Waals surface area contributed by atoms with Crippen LogP contribution in [0.2, 0.25) is 0 Å². The minimum atomic E-state index is -4.08. The molecule has 30 heavy (non-hydrogen) atoms. The van der Waals surface area contributed by atoms with E-state index in [4.69, 9.17) is 0 Å². The van der Waals surface area contributed by atoms with Crippen LogP contribution in [0.5, 0.6) is 0 Å². The molecule has 4 rings (SSSR count). The lowest BCUT2D eigenvalue weighted by molar-refractivity contribution is -0.384. The Morgan fingerprint density at radius 3 is 2.27 bits per heavy atom. The summed E-state index contributed by atoms with van der Waals surface area (Å²) in [6, 6.07) is 20.8. The highest BCUT2D eigenvalue weighted by atomic mass is 32.2. The number of rotatable bonds is 4. The van der Waals surface area contributed by atoms with Crippen molar-refractivity contribution >= 4 is 27.5 Å². The number of para-hydroxylation sites is 1. The van der Waals surface area contributed by atoms with Crippen LogP contribution in [0.1, 0.15) is 23.7 Å². The first-order valence-corrected chi connectivity index (χ1v) is 10.6. The topological polar surface area (TPSA) is 101 Å². The van der Waals surface area contributed by atoms with E-state index >= 15 is 0 Å². The van der Waals surface area contributed by atoms with Crippen molar-refractivity contribution in [3.05, 3.63) is 106 Å². The molecule has 1 aliphatic heterocycles. The summed E-state index contributed by atoms with van der Waals surface area (Å²) in [7, 11) is -4.08. The van der Waals surface area contributed by atoms with E-state index in [1.165, 1.54) is 16.4 Å². The number of aliphatic hydroxyl groups excluding tert-OH is 1. The van der Waals surface area contributed by atoms with Crippen molar-refractivity contribution in [1.82, 2.24) is 0 Å². The summed E-state index contributed by atoms with van der Waals surface area (Å²) < 4.78 is 28.4. The molecular weight excluding hydrogens is 404 g/mol. The van der Waals surface area contributed by atoms with E-state index < -0.39 is 21.1 Å². The molecule has 0 aromatic heterocycles. The second-order valence-corrected chi connectivity index (χ2v) is 8.63. The van der Waals surface area contributed by atoms with Crippen LogP contribution in [0.3, 0.4) is 0 Å². The van der Waals surface area contributed by atoms with Crippen LogP contribution in [0.4, 0.5) is 11.4 Å². The zero-order valence-electron chi connectivity index (χ0n) is 15.8. The Balaban J connectivity index is 1.88. The quantitative estimate of drug-likeness (QED) is 0.500. The number of nitro groups is 1. The molecule has 1 atom stereocenters. The lowest BCUT2D eigenvalue weighted by Crippen LogP contribution is -2.35. The summed E-state index contributed by atoms with van der Waals surface area (Å²) in [5.41, 5.74) is 1.88. The fraction of sp³-hybridized carbons (Fsp3) is 0.0909. The molecule has 0 saturated heterocycles. The molecule has 0 bridgehead atoms. The third kappa shape index (κ3) is 3.58. The highest BCUT2D eigenvalue weighted by Crippen LogP contribution is 2.42. The van der Waals surface area contributed by atoms with Gasteiger partial charge in [0.05, 0.1) is 21.6 Å². The van der Waals surface area contributed by atoms with Crippen LogP contribution in [-0.4, -0.2) is 18.4 Å². The molecule has 0 fully saturated rings. The maximum absolute atomic E-state index is 13.6. The summed E-state index contributed by atoms with van der Waals surface area (Å²) in [5.74, 6) is 0. The maximum atomic E-state index is 13.6. The van der Waals surface area contributed by atoms with Crippen LogP contribution < -0.4 is 4.31 Å². The molecule has 0 spiro atoms. The monoisotopic (exact) mass is 422 g/mol. The van der Waals surface area contributed by atoms with E-state index in [1.807, 2.05) is 30.3 Å². The van der Waals surface area contributed by atoms with E-state index in [2.05, 4.69) is 0 Å². The average Bonchev–Trinajstić information content (AvgIpc) is 2.74. The maximum Gasteiger partial charge on any atom is 0.269 e. The first-order chi connectivity index (χ1) is 14.4. The van der Waals surface area contributed by atoms with Gasteiger partial charge in [-0.3, -0.25) is 10.1 Å². The van der Waals surface area contributed by atoms with E-state index in [0.717, 1.165) is 17.7 Å². The van der Waals surface area contributed by atoms with Gasteiger partial charge in [0.2, 0.25) is 0 Å². The van der Waals surface area contributed by atoms with Crippen LogP contribution in [0.15, 0.2) is 89.5 Å². The molecule has 8 heteroatoms. The fourth-order valence-electron chi connectivity index (χ4n) is 3.49. The summed E-state index contributed by atoms with van der Waals surface area (Å²) in [5, 5.41) is 21.6. The van der Waals surface area contributed by atoms with Gasteiger partial charge in [-0.15, -0.1) is 0 Å². The lowest BCUT2D eigenvalue weighted by Gasteiger charge is -2.35. The standard InChI is InChI=1S/C22H18N2O5S/c25-22-15-18(14-16-6-2-1-3-7-16)23(21-9-5-4-8-20(21)22)30(28,29)19-12-10-17(11-13-19)24(26)27/h1-14,22,25H,15H2/b18-14+. The van der Waals surface area contributed by atoms with Crippen molar-refractivity contribution in [2.45, 2.75) is 17.4 Å². The van der Waals surface area contributed by atoms with Gasteiger partial charge in [0.25, 0.3) is 15.7 Å². The number of nitrogens with zero attached hydrogens (tertiary/aromatic N) is 2. The second kappa shape index (κ2) is 7.74. The molecule has 0 saturated carbocycles. The highest BCUT2D eigenvalue weighted by Gasteiger charge is 2.36. The zero-order chi connectivity index (χ0) is 21.3. The molecule has 0 radical (unpaired) electrons. The molecule has 1 heterocycles. The highest BCUT2D eigenvalue weighted by molar-refractivity contribution is 7.93. The Morgan fingerprint density at radius 2 is 1.60 bits per heavy atom.